The Hall–Kier alpha value is -1.93. The van der Waals surface area contributed by atoms with Gasteiger partial charge in [0, 0.05) is 25.4 Å². The number of esters is 1. The molecule has 27 heavy (non-hydrogen) atoms. The zero-order valence-electron chi connectivity index (χ0n) is 15.7. The standard InChI is InChI=1S/C19H28N2O5S/c1-26-19(23)5-3-2-4-14-20-18(22)13-8-15-6-11-17(12-7-15)27(24,25)21-16-9-10-16/h6-7,11-12,16,21H,2-5,8-10,13-14H2,1H3,(H,20,22). The van der Waals surface area contributed by atoms with E-state index in [1.54, 1.807) is 24.3 Å². The first kappa shape index (κ1) is 21.4. The average Bonchev–Trinajstić information content (AvgIpc) is 3.46. The highest BCUT2D eigenvalue weighted by Crippen LogP contribution is 2.22. The minimum absolute atomic E-state index is 0.0323. The van der Waals surface area contributed by atoms with Gasteiger partial charge >= 0.3 is 5.97 Å². The molecule has 0 radical (unpaired) electrons. The predicted molar refractivity (Wildman–Crippen MR) is 102 cm³/mol. The topological polar surface area (TPSA) is 102 Å². The number of unbranched alkanes of at least 4 members (excludes halogenated alkanes) is 2. The van der Waals surface area contributed by atoms with Crippen molar-refractivity contribution in [2.75, 3.05) is 13.7 Å². The van der Waals surface area contributed by atoms with Gasteiger partial charge in [0.2, 0.25) is 15.9 Å². The van der Waals surface area contributed by atoms with Crippen molar-refractivity contribution in [1.82, 2.24) is 10.0 Å². The van der Waals surface area contributed by atoms with Gasteiger partial charge in [0.1, 0.15) is 0 Å². The van der Waals surface area contributed by atoms with E-state index in [1.165, 1.54) is 7.11 Å². The molecule has 0 spiro atoms. The molecular formula is C19H28N2O5S. The van der Waals surface area contributed by atoms with Crippen molar-refractivity contribution in [2.45, 2.75) is 62.3 Å². The zero-order chi connectivity index (χ0) is 19.7. The lowest BCUT2D eigenvalue weighted by molar-refractivity contribution is -0.140. The molecule has 0 heterocycles. The summed E-state index contributed by atoms with van der Waals surface area (Å²) in [5, 5.41) is 2.86. The van der Waals surface area contributed by atoms with Crippen molar-refractivity contribution in [2.24, 2.45) is 0 Å². The molecule has 1 aliphatic rings. The Labute approximate surface area is 160 Å². The summed E-state index contributed by atoms with van der Waals surface area (Å²) < 4.78 is 31.4. The first-order valence-electron chi connectivity index (χ1n) is 9.35. The van der Waals surface area contributed by atoms with Crippen LogP contribution in [0, 0.1) is 0 Å². The number of rotatable bonds is 12. The molecule has 0 unspecified atom stereocenters. The average molecular weight is 397 g/mol. The van der Waals surface area contributed by atoms with Crippen molar-refractivity contribution in [3.63, 3.8) is 0 Å². The van der Waals surface area contributed by atoms with Gasteiger partial charge in [-0.2, -0.15) is 0 Å². The van der Waals surface area contributed by atoms with Gasteiger partial charge in [0.05, 0.1) is 12.0 Å². The summed E-state index contributed by atoms with van der Waals surface area (Å²) in [6, 6.07) is 6.75. The minimum atomic E-state index is -3.43. The van der Waals surface area contributed by atoms with E-state index in [9.17, 15) is 18.0 Å². The monoisotopic (exact) mass is 396 g/mol. The van der Waals surface area contributed by atoms with Crippen LogP contribution in [0.25, 0.3) is 0 Å². The van der Waals surface area contributed by atoms with Crippen molar-refractivity contribution >= 4 is 21.9 Å². The maximum Gasteiger partial charge on any atom is 0.305 e. The van der Waals surface area contributed by atoms with E-state index >= 15 is 0 Å². The largest absolute Gasteiger partial charge is 0.469 e. The first-order valence-corrected chi connectivity index (χ1v) is 10.8. The Kier molecular flexibility index (Phi) is 8.24. The van der Waals surface area contributed by atoms with Gasteiger partial charge in [0.15, 0.2) is 0 Å². The third kappa shape index (κ3) is 8.09. The first-order chi connectivity index (χ1) is 12.9. The summed E-state index contributed by atoms with van der Waals surface area (Å²) >= 11 is 0. The van der Waals surface area contributed by atoms with E-state index in [0.717, 1.165) is 37.7 Å². The number of carbonyl (C=O) groups excluding carboxylic acids is 2. The van der Waals surface area contributed by atoms with Crippen LogP contribution in [-0.2, 0) is 30.8 Å². The molecule has 1 aromatic rings. The second-order valence-electron chi connectivity index (χ2n) is 6.78. The van der Waals surface area contributed by atoms with Crippen molar-refractivity contribution < 1.29 is 22.7 Å². The number of carbonyl (C=O) groups is 2. The maximum atomic E-state index is 12.1. The maximum absolute atomic E-state index is 12.1. The van der Waals surface area contributed by atoms with Gasteiger partial charge in [-0.3, -0.25) is 9.59 Å². The van der Waals surface area contributed by atoms with E-state index in [2.05, 4.69) is 14.8 Å². The summed E-state index contributed by atoms with van der Waals surface area (Å²) in [6.45, 7) is 0.587. The van der Waals surface area contributed by atoms with Crippen LogP contribution < -0.4 is 10.0 Å². The molecule has 2 N–H and O–H groups in total. The highest BCUT2D eigenvalue weighted by atomic mass is 32.2. The van der Waals surface area contributed by atoms with Gasteiger partial charge in [-0.05, 0) is 49.8 Å². The van der Waals surface area contributed by atoms with Gasteiger partial charge in [-0.1, -0.05) is 18.6 Å². The number of nitrogens with one attached hydrogen (secondary N) is 2. The van der Waals surface area contributed by atoms with Crippen LogP contribution in [-0.4, -0.2) is 40.0 Å². The lowest BCUT2D eigenvalue weighted by Gasteiger charge is -2.07. The molecule has 0 saturated heterocycles. The van der Waals surface area contributed by atoms with E-state index < -0.39 is 10.0 Å². The molecule has 0 bridgehead atoms. The number of aryl methyl sites for hydroxylation is 1. The Morgan fingerprint density at radius 1 is 1.07 bits per heavy atom. The van der Waals surface area contributed by atoms with E-state index in [4.69, 9.17) is 0 Å². The van der Waals surface area contributed by atoms with Crippen LogP contribution in [0.15, 0.2) is 29.2 Å². The summed E-state index contributed by atoms with van der Waals surface area (Å²) in [5.41, 5.74) is 0.925. The summed E-state index contributed by atoms with van der Waals surface area (Å²) in [4.78, 5) is 23.1. The molecule has 1 aromatic carbocycles. The Morgan fingerprint density at radius 2 is 1.78 bits per heavy atom. The summed E-state index contributed by atoms with van der Waals surface area (Å²) in [6.07, 6.45) is 5.57. The molecule has 0 aromatic heterocycles. The Morgan fingerprint density at radius 3 is 2.41 bits per heavy atom. The van der Waals surface area contributed by atoms with Crippen LogP contribution in [0.2, 0.25) is 0 Å². The molecule has 2 rings (SSSR count). The second-order valence-corrected chi connectivity index (χ2v) is 8.49. The molecule has 0 atom stereocenters. The van der Waals surface area contributed by atoms with Gasteiger partial charge in [0.25, 0.3) is 0 Å². The van der Waals surface area contributed by atoms with Crippen LogP contribution in [0.4, 0.5) is 0 Å². The Balaban J connectivity index is 1.62. The molecule has 8 heteroatoms. The number of methoxy groups -OCH3 is 1. The molecule has 150 valence electrons. The fraction of sp³-hybridized carbons (Fsp3) is 0.579. The lowest BCUT2D eigenvalue weighted by Crippen LogP contribution is -2.25. The molecule has 1 amide bonds. The highest BCUT2D eigenvalue weighted by Gasteiger charge is 2.27. The molecule has 1 saturated carbocycles. The van der Waals surface area contributed by atoms with Gasteiger partial charge in [-0.15, -0.1) is 0 Å². The third-order valence-corrected chi connectivity index (χ3v) is 5.92. The normalized spacial score (nSPS) is 14.0. The van der Waals surface area contributed by atoms with Gasteiger partial charge < -0.3 is 10.1 Å². The van der Waals surface area contributed by atoms with Crippen molar-refractivity contribution in [1.29, 1.82) is 0 Å². The van der Waals surface area contributed by atoms with Crippen LogP contribution in [0.5, 0.6) is 0 Å². The number of ether oxygens (including phenoxy) is 1. The number of hydrogen-bond donors (Lipinski definition) is 2. The SMILES string of the molecule is COC(=O)CCCCCNC(=O)CCc1ccc(S(=O)(=O)NC2CC2)cc1. The summed E-state index contributed by atoms with van der Waals surface area (Å²) in [5.74, 6) is -0.240. The van der Waals surface area contributed by atoms with E-state index in [1.807, 2.05) is 0 Å². The van der Waals surface area contributed by atoms with E-state index in [0.29, 0.717) is 25.8 Å². The van der Waals surface area contributed by atoms with Crippen LogP contribution in [0.3, 0.4) is 0 Å². The summed E-state index contributed by atoms with van der Waals surface area (Å²) in [7, 11) is -2.06. The number of sulfonamides is 1. The highest BCUT2D eigenvalue weighted by molar-refractivity contribution is 7.89. The lowest BCUT2D eigenvalue weighted by atomic mass is 10.1. The minimum Gasteiger partial charge on any atom is -0.469 e. The fourth-order valence-corrected chi connectivity index (χ4v) is 3.88. The van der Waals surface area contributed by atoms with Crippen LogP contribution in [0.1, 0.15) is 50.5 Å². The number of benzene rings is 1. The van der Waals surface area contributed by atoms with E-state index in [-0.39, 0.29) is 22.8 Å². The number of amides is 1. The van der Waals surface area contributed by atoms with Gasteiger partial charge in [-0.25, -0.2) is 13.1 Å². The smallest absolute Gasteiger partial charge is 0.305 e. The molecular weight excluding hydrogens is 368 g/mol. The molecule has 7 nitrogen and oxygen atoms in total. The molecule has 0 aliphatic heterocycles. The fourth-order valence-electron chi connectivity index (χ4n) is 2.57. The van der Waals surface area contributed by atoms with Crippen molar-refractivity contribution in [3.8, 4) is 0 Å². The quantitative estimate of drug-likeness (QED) is 0.415. The van der Waals surface area contributed by atoms with Crippen LogP contribution >= 0.6 is 0 Å². The zero-order valence-corrected chi connectivity index (χ0v) is 16.5. The van der Waals surface area contributed by atoms with Crippen molar-refractivity contribution in [3.05, 3.63) is 29.8 Å². The molecule has 1 aliphatic carbocycles. The Bertz CT molecular complexity index is 727. The predicted octanol–water partition coefficient (Wildman–Crippen LogP) is 1.91. The second kappa shape index (κ2) is 10.4. The number of hydrogen-bond acceptors (Lipinski definition) is 5. The third-order valence-electron chi connectivity index (χ3n) is 4.38. The molecule has 1 fully saturated rings.